The lowest BCUT2D eigenvalue weighted by atomic mass is 9.73. The van der Waals surface area contributed by atoms with Crippen molar-refractivity contribution in [1.82, 2.24) is 0 Å². The summed E-state index contributed by atoms with van der Waals surface area (Å²) >= 11 is 3.47. The lowest BCUT2D eigenvalue weighted by molar-refractivity contribution is -0.126. The van der Waals surface area contributed by atoms with Gasteiger partial charge in [0.25, 0.3) is 0 Å². The third-order valence-corrected chi connectivity index (χ3v) is 4.86. The molecule has 116 valence electrons. The molecule has 0 spiro atoms. The molecule has 0 saturated heterocycles. The second kappa shape index (κ2) is 6.79. The summed E-state index contributed by atoms with van der Waals surface area (Å²) in [6.45, 7) is 0.421. The van der Waals surface area contributed by atoms with Crippen molar-refractivity contribution in [2.24, 2.45) is 11.1 Å². The number of anilines is 2. The van der Waals surface area contributed by atoms with Crippen molar-refractivity contribution in [2.75, 3.05) is 30.9 Å². The van der Waals surface area contributed by atoms with Gasteiger partial charge in [-0.2, -0.15) is 0 Å². The summed E-state index contributed by atoms with van der Waals surface area (Å²) in [6.07, 6.45) is 5.16. The highest BCUT2D eigenvalue weighted by atomic mass is 79.9. The molecule has 1 amide bonds. The van der Waals surface area contributed by atoms with E-state index >= 15 is 0 Å². The minimum absolute atomic E-state index is 0.0610. The molecule has 1 aliphatic carbocycles. The van der Waals surface area contributed by atoms with Crippen LogP contribution in [-0.4, -0.2) is 26.5 Å². The van der Waals surface area contributed by atoms with E-state index in [-0.39, 0.29) is 5.91 Å². The maximum Gasteiger partial charge on any atom is 0.231 e. The van der Waals surface area contributed by atoms with Gasteiger partial charge in [-0.15, -0.1) is 0 Å². The van der Waals surface area contributed by atoms with E-state index in [1.165, 1.54) is 6.42 Å². The Morgan fingerprint density at radius 2 is 2.00 bits per heavy atom. The van der Waals surface area contributed by atoms with E-state index in [4.69, 9.17) is 5.73 Å². The molecule has 0 unspecified atom stereocenters. The standard InChI is InChI=1S/C16H24BrN3O/c1-20(2)14-7-6-12(17)10-13(14)19-15(21)16(11-18)8-4-3-5-9-16/h6-7,10H,3-5,8-9,11,18H2,1-2H3,(H,19,21). The third kappa shape index (κ3) is 3.58. The Balaban J connectivity index is 2.24. The highest BCUT2D eigenvalue weighted by molar-refractivity contribution is 9.10. The predicted octanol–water partition coefficient (Wildman–Crippen LogP) is 3.36. The monoisotopic (exact) mass is 353 g/mol. The van der Waals surface area contributed by atoms with E-state index in [2.05, 4.69) is 21.2 Å². The van der Waals surface area contributed by atoms with Crippen LogP contribution in [0.3, 0.4) is 0 Å². The van der Waals surface area contributed by atoms with Gasteiger partial charge in [0, 0.05) is 25.1 Å². The van der Waals surface area contributed by atoms with Gasteiger partial charge in [0.1, 0.15) is 0 Å². The Bertz CT molecular complexity index is 510. The normalized spacial score (nSPS) is 17.3. The Labute approximate surface area is 135 Å². The van der Waals surface area contributed by atoms with Crippen LogP contribution in [0.25, 0.3) is 0 Å². The fourth-order valence-electron chi connectivity index (χ4n) is 3.01. The number of carbonyl (C=O) groups is 1. The summed E-state index contributed by atoms with van der Waals surface area (Å²) in [5.74, 6) is 0.0610. The Kier molecular flexibility index (Phi) is 5.27. The summed E-state index contributed by atoms with van der Waals surface area (Å²) in [7, 11) is 3.94. The van der Waals surface area contributed by atoms with E-state index in [9.17, 15) is 4.79 Å². The molecule has 1 saturated carbocycles. The molecule has 1 aromatic carbocycles. The van der Waals surface area contributed by atoms with Gasteiger partial charge in [-0.25, -0.2) is 0 Å². The minimum Gasteiger partial charge on any atom is -0.376 e. The van der Waals surface area contributed by atoms with Crippen LogP contribution in [0.1, 0.15) is 32.1 Å². The fraction of sp³-hybridized carbons (Fsp3) is 0.562. The predicted molar refractivity (Wildman–Crippen MR) is 91.7 cm³/mol. The average molecular weight is 354 g/mol. The van der Waals surface area contributed by atoms with Crippen LogP contribution in [0.5, 0.6) is 0 Å². The first kappa shape index (κ1) is 16.3. The number of rotatable bonds is 4. The molecule has 0 bridgehead atoms. The maximum absolute atomic E-state index is 12.8. The number of nitrogens with one attached hydrogen (secondary N) is 1. The van der Waals surface area contributed by atoms with Crippen molar-refractivity contribution < 1.29 is 4.79 Å². The van der Waals surface area contributed by atoms with Gasteiger partial charge >= 0.3 is 0 Å². The SMILES string of the molecule is CN(C)c1ccc(Br)cc1NC(=O)C1(CN)CCCCC1. The van der Waals surface area contributed by atoms with Crippen LogP contribution in [0.4, 0.5) is 11.4 Å². The summed E-state index contributed by atoms with van der Waals surface area (Å²) in [5.41, 5.74) is 7.37. The zero-order chi connectivity index (χ0) is 15.5. The van der Waals surface area contributed by atoms with E-state index in [1.807, 2.05) is 37.2 Å². The van der Waals surface area contributed by atoms with Crippen molar-refractivity contribution >= 4 is 33.2 Å². The summed E-state index contributed by atoms with van der Waals surface area (Å²) in [4.78, 5) is 14.8. The summed E-state index contributed by atoms with van der Waals surface area (Å²) in [5, 5.41) is 3.10. The molecule has 5 heteroatoms. The molecule has 0 radical (unpaired) electrons. The number of nitrogens with zero attached hydrogens (tertiary/aromatic N) is 1. The minimum atomic E-state index is -0.399. The zero-order valence-electron chi connectivity index (χ0n) is 12.8. The van der Waals surface area contributed by atoms with Gasteiger partial charge in [-0.3, -0.25) is 4.79 Å². The second-order valence-electron chi connectivity index (χ2n) is 6.06. The summed E-state index contributed by atoms with van der Waals surface area (Å²) < 4.78 is 0.953. The van der Waals surface area contributed by atoms with Gasteiger partial charge in [0.05, 0.1) is 16.8 Å². The van der Waals surface area contributed by atoms with Crippen LogP contribution >= 0.6 is 15.9 Å². The lowest BCUT2D eigenvalue weighted by Gasteiger charge is -2.35. The molecule has 4 nitrogen and oxygen atoms in total. The van der Waals surface area contributed by atoms with Crippen molar-refractivity contribution in [2.45, 2.75) is 32.1 Å². The molecule has 1 aromatic rings. The van der Waals surface area contributed by atoms with Crippen LogP contribution in [-0.2, 0) is 4.79 Å². The quantitative estimate of drug-likeness (QED) is 0.872. The largest absolute Gasteiger partial charge is 0.376 e. The van der Waals surface area contributed by atoms with E-state index in [0.29, 0.717) is 6.54 Å². The van der Waals surface area contributed by atoms with Crippen molar-refractivity contribution in [1.29, 1.82) is 0 Å². The first-order chi connectivity index (χ1) is 9.98. The molecule has 21 heavy (non-hydrogen) atoms. The van der Waals surface area contributed by atoms with Crippen LogP contribution < -0.4 is 16.0 Å². The van der Waals surface area contributed by atoms with E-state index in [1.54, 1.807) is 0 Å². The van der Waals surface area contributed by atoms with Gasteiger partial charge < -0.3 is 16.0 Å². The van der Waals surface area contributed by atoms with Gasteiger partial charge in [-0.1, -0.05) is 35.2 Å². The van der Waals surface area contributed by atoms with Gasteiger partial charge in [0.15, 0.2) is 0 Å². The number of hydrogen-bond donors (Lipinski definition) is 2. The molecular weight excluding hydrogens is 330 g/mol. The second-order valence-corrected chi connectivity index (χ2v) is 6.97. The fourth-order valence-corrected chi connectivity index (χ4v) is 3.37. The summed E-state index contributed by atoms with van der Waals surface area (Å²) in [6, 6.07) is 5.92. The lowest BCUT2D eigenvalue weighted by Crippen LogP contribution is -2.44. The molecule has 1 aliphatic rings. The number of hydrogen-bond acceptors (Lipinski definition) is 3. The smallest absolute Gasteiger partial charge is 0.231 e. The molecule has 0 aromatic heterocycles. The van der Waals surface area contributed by atoms with Crippen molar-refractivity contribution in [3.63, 3.8) is 0 Å². The van der Waals surface area contributed by atoms with Crippen LogP contribution in [0.2, 0.25) is 0 Å². The number of nitrogens with two attached hydrogens (primary N) is 1. The average Bonchev–Trinajstić information content (AvgIpc) is 2.47. The highest BCUT2D eigenvalue weighted by Gasteiger charge is 2.38. The highest BCUT2D eigenvalue weighted by Crippen LogP contribution is 2.37. The van der Waals surface area contributed by atoms with Gasteiger partial charge in [0.2, 0.25) is 5.91 Å². The molecule has 0 heterocycles. The van der Waals surface area contributed by atoms with E-state index in [0.717, 1.165) is 41.5 Å². The Hall–Kier alpha value is -1.07. The first-order valence-electron chi connectivity index (χ1n) is 7.47. The van der Waals surface area contributed by atoms with Crippen molar-refractivity contribution in [3.8, 4) is 0 Å². The number of halogens is 1. The third-order valence-electron chi connectivity index (χ3n) is 4.37. The molecule has 3 N–H and O–H groups in total. The molecule has 1 fully saturated rings. The first-order valence-corrected chi connectivity index (χ1v) is 8.26. The Morgan fingerprint density at radius 1 is 1.33 bits per heavy atom. The zero-order valence-corrected chi connectivity index (χ0v) is 14.4. The number of carbonyl (C=O) groups excluding carboxylic acids is 1. The maximum atomic E-state index is 12.8. The molecular formula is C16H24BrN3O. The molecule has 2 rings (SSSR count). The number of amides is 1. The van der Waals surface area contributed by atoms with Crippen LogP contribution in [0, 0.1) is 5.41 Å². The topological polar surface area (TPSA) is 58.4 Å². The van der Waals surface area contributed by atoms with Gasteiger partial charge in [-0.05, 0) is 31.0 Å². The van der Waals surface area contributed by atoms with Crippen molar-refractivity contribution in [3.05, 3.63) is 22.7 Å². The van der Waals surface area contributed by atoms with E-state index < -0.39 is 5.41 Å². The molecule has 0 atom stereocenters. The number of benzene rings is 1. The Morgan fingerprint density at radius 3 is 2.57 bits per heavy atom. The van der Waals surface area contributed by atoms with Crippen LogP contribution in [0.15, 0.2) is 22.7 Å². The molecule has 0 aliphatic heterocycles.